The van der Waals surface area contributed by atoms with E-state index in [2.05, 4.69) is 44.1 Å². The molecule has 0 amide bonds. The number of nitrogens with zero attached hydrogens (tertiary/aromatic N) is 2. The lowest BCUT2D eigenvalue weighted by atomic mass is 10.2. The standard InChI is InChI=1S/C19H28N4OS.HI/c1-14-11-16(15(2)24-14)12-21-19(20-3)22-13-17(18-7-6-10-25-18)23-8-4-5-9-23;/h6-7,10-11,17H,4-5,8-9,12-13H2,1-3H3,(H2,20,21,22);1H. The molecule has 1 atom stereocenters. The fourth-order valence-corrected chi connectivity index (χ4v) is 4.26. The summed E-state index contributed by atoms with van der Waals surface area (Å²) in [6, 6.07) is 6.87. The first-order valence-corrected chi connectivity index (χ1v) is 9.83. The van der Waals surface area contributed by atoms with Gasteiger partial charge in [0.1, 0.15) is 11.5 Å². The molecule has 1 aliphatic heterocycles. The summed E-state index contributed by atoms with van der Waals surface area (Å²) in [5, 5.41) is 9.06. The van der Waals surface area contributed by atoms with Gasteiger partial charge in [-0.2, -0.15) is 0 Å². The average Bonchev–Trinajstić information content (AvgIpc) is 3.34. The molecule has 2 aromatic heterocycles. The lowest BCUT2D eigenvalue weighted by Crippen LogP contribution is -2.42. The number of hydrogen-bond acceptors (Lipinski definition) is 4. The molecule has 3 rings (SSSR count). The quantitative estimate of drug-likeness (QED) is 0.366. The normalized spacial score (nSPS) is 16.3. The second-order valence-electron chi connectivity index (χ2n) is 6.52. The lowest BCUT2D eigenvalue weighted by Gasteiger charge is -2.27. The van der Waals surface area contributed by atoms with Gasteiger partial charge < -0.3 is 15.1 Å². The van der Waals surface area contributed by atoms with E-state index in [1.165, 1.54) is 36.4 Å². The molecule has 0 saturated carbocycles. The van der Waals surface area contributed by atoms with E-state index in [9.17, 15) is 0 Å². The second-order valence-corrected chi connectivity index (χ2v) is 7.50. The Labute approximate surface area is 177 Å². The van der Waals surface area contributed by atoms with Gasteiger partial charge in [-0.25, -0.2) is 0 Å². The summed E-state index contributed by atoms with van der Waals surface area (Å²) < 4.78 is 5.59. The van der Waals surface area contributed by atoms with Gasteiger partial charge in [-0.05, 0) is 57.3 Å². The number of nitrogens with one attached hydrogen (secondary N) is 2. The van der Waals surface area contributed by atoms with Crippen LogP contribution >= 0.6 is 35.3 Å². The van der Waals surface area contributed by atoms with Crippen LogP contribution in [0.4, 0.5) is 0 Å². The fourth-order valence-electron chi connectivity index (χ4n) is 3.40. The maximum Gasteiger partial charge on any atom is 0.191 e. The lowest BCUT2D eigenvalue weighted by molar-refractivity contribution is 0.249. The van der Waals surface area contributed by atoms with E-state index in [0.717, 1.165) is 30.6 Å². The highest BCUT2D eigenvalue weighted by atomic mass is 127. The molecular weight excluding hydrogens is 459 g/mol. The molecule has 0 spiro atoms. The molecule has 0 aromatic carbocycles. The van der Waals surface area contributed by atoms with E-state index in [0.29, 0.717) is 6.04 Å². The monoisotopic (exact) mass is 488 g/mol. The minimum absolute atomic E-state index is 0. The van der Waals surface area contributed by atoms with Crippen LogP contribution in [0.3, 0.4) is 0 Å². The number of likely N-dealkylation sites (tertiary alicyclic amines) is 1. The summed E-state index contributed by atoms with van der Waals surface area (Å²) in [5.74, 6) is 2.75. The number of thiophene rings is 1. The van der Waals surface area contributed by atoms with Crippen LogP contribution in [0.2, 0.25) is 0 Å². The Morgan fingerprint density at radius 1 is 1.31 bits per heavy atom. The molecule has 0 radical (unpaired) electrons. The van der Waals surface area contributed by atoms with Crippen molar-refractivity contribution in [3.8, 4) is 0 Å². The molecule has 1 fully saturated rings. The maximum absolute atomic E-state index is 5.59. The molecule has 2 aromatic rings. The van der Waals surface area contributed by atoms with Crippen LogP contribution in [-0.4, -0.2) is 37.5 Å². The van der Waals surface area contributed by atoms with Crippen molar-refractivity contribution in [2.24, 2.45) is 4.99 Å². The first-order valence-electron chi connectivity index (χ1n) is 8.95. The minimum Gasteiger partial charge on any atom is -0.466 e. The zero-order valence-electron chi connectivity index (χ0n) is 15.7. The number of hydrogen-bond donors (Lipinski definition) is 2. The zero-order valence-corrected chi connectivity index (χ0v) is 18.9. The third-order valence-electron chi connectivity index (χ3n) is 4.73. The van der Waals surface area contributed by atoms with Crippen molar-refractivity contribution in [2.75, 3.05) is 26.7 Å². The molecule has 0 aliphatic carbocycles. The highest BCUT2D eigenvalue weighted by molar-refractivity contribution is 14.0. The van der Waals surface area contributed by atoms with Crippen molar-refractivity contribution in [2.45, 2.75) is 39.3 Å². The number of guanidine groups is 1. The molecule has 0 bridgehead atoms. The van der Waals surface area contributed by atoms with Gasteiger partial charge in [0.25, 0.3) is 0 Å². The molecule has 26 heavy (non-hydrogen) atoms. The van der Waals surface area contributed by atoms with Crippen LogP contribution in [0, 0.1) is 13.8 Å². The Balaban J connectivity index is 0.00000243. The number of halogens is 1. The topological polar surface area (TPSA) is 52.8 Å². The Bertz CT molecular complexity index is 692. The molecule has 1 unspecified atom stereocenters. The van der Waals surface area contributed by atoms with Gasteiger partial charge in [-0.1, -0.05) is 6.07 Å². The van der Waals surface area contributed by atoms with Gasteiger partial charge in [0.2, 0.25) is 0 Å². The molecule has 1 aliphatic rings. The molecule has 1 saturated heterocycles. The Hall–Kier alpha value is -1.06. The summed E-state index contributed by atoms with van der Waals surface area (Å²) in [7, 11) is 1.82. The minimum atomic E-state index is 0. The summed E-state index contributed by atoms with van der Waals surface area (Å²) in [4.78, 5) is 8.37. The van der Waals surface area contributed by atoms with Gasteiger partial charge in [-0.15, -0.1) is 35.3 Å². The highest BCUT2D eigenvalue weighted by Gasteiger charge is 2.24. The van der Waals surface area contributed by atoms with E-state index < -0.39 is 0 Å². The molecular formula is C19H29IN4OS. The molecule has 7 heteroatoms. The van der Waals surface area contributed by atoms with Crippen LogP contribution < -0.4 is 10.6 Å². The summed E-state index contributed by atoms with van der Waals surface area (Å²) in [6.45, 7) is 7.93. The SMILES string of the molecule is CN=C(NCc1cc(C)oc1C)NCC(c1cccs1)N1CCCC1.I. The van der Waals surface area contributed by atoms with E-state index >= 15 is 0 Å². The maximum atomic E-state index is 5.59. The van der Waals surface area contributed by atoms with Crippen molar-refractivity contribution in [3.63, 3.8) is 0 Å². The number of furan rings is 1. The zero-order chi connectivity index (χ0) is 17.6. The molecule has 2 N–H and O–H groups in total. The van der Waals surface area contributed by atoms with Gasteiger partial charge in [0.15, 0.2) is 5.96 Å². The Kier molecular flexibility index (Phi) is 8.43. The Morgan fingerprint density at radius 3 is 2.65 bits per heavy atom. The van der Waals surface area contributed by atoms with Crippen LogP contribution in [0.5, 0.6) is 0 Å². The van der Waals surface area contributed by atoms with E-state index in [-0.39, 0.29) is 24.0 Å². The smallest absolute Gasteiger partial charge is 0.191 e. The van der Waals surface area contributed by atoms with Gasteiger partial charge >= 0.3 is 0 Å². The first kappa shape index (κ1) is 21.2. The average molecular weight is 488 g/mol. The van der Waals surface area contributed by atoms with Crippen LogP contribution in [0.1, 0.15) is 40.8 Å². The number of aryl methyl sites for hydroxylation is 2. The molecule has 3 heterocycles. The van der Waals surface area contributed by atoms with E-state index in [4.69, 9.17) is 4.42 Å². The summed E-state index contributed by atoms with van der Waals surface area (Å²) >= 11 is 1.84. The van der Waals surface area contributed by atoms with E-state index in [1.807, 2.05) is 32.2 Å². The fraction of sp³-hybridized carbons (Fsp3) is 0.526. The van der Waals surface area contributed by atoms with Crippen molar-refractivity contribution in [3.05, 3.63) is 45.5 Å². The molecule has 5 nitrogen and oxygen atoms in total. The van der Waals surface area contributed by atoms with Crippen molar-refractivity contribution >= 4 is 41.3 Å². The highest BCUT2D eigenvalue weighted by Crippen LogP contribution is 2.27. The first-order chi connectivity index (χ1) is 12.2. The van der Waals surface area contributed by atoms with Crippen LogP contribution in [0.25, 0.3) is 0 Å². The molecule has 144 valence electrons. The third kappa shape index (κ3) is 5.47. The predicted octanol–water partition coefficient (Wildman–Crippen LogP) is 4.08. The number of rotatable bonds is 6. The van der Waals surface area contributed by atoms with Crippen LogP contribution in [0.15, 0.2) is 33.0 Å². The van der Waals surface area contributed by atoms with Gasteiger partial charge in [-0.3, -0.25) is 9.89 Å². The number of aliphatic imine (C=N–C) groups is 1. The predicted molar refractivity (Wildman–Crippen MR) is 120 cm³/mol. The summed E-state index contributed by atoms with van der Waals surface area (Å²) in [6.07, 6.45) is 2.60. The summed E-state index contributed by atoms with van der Waals surface area (Å²) in [5.41, 5.74) is 1.18. The van der Waals surface area contributed by atoms with E-state index in [1.54, 1.807) is 0 Å². The largest absolute Gasteiger partial charge is 0.466 e. The Morgan fingerprint density at radius 2 is 2.08 bits per heavy atom. The van der Waals surface area contributed by atoms with Crippen molar-refractivity contribution in [1.29, 1.82) is 0 Å². The van der Waals surface area contributed by atoms with Crippen molar-refractivity contribution in [1.82, 2.24) is 15.5 Å². The van der Waals surface area contributed by atoms with Crippen molar-refractivity contribution < 1.29 is 4.42 Å². The third-order valence-corrected chi connectivity index (χ3v) is 5.70. The van der Waals surface area contributed by atoms with Gasteiger partial charge in [0, 0.05) is 30.6 Å². The second kappa shape index (κ2) is 10.3. The van der Waals surface area contributed by atoms with Gasteiger partial charge in [0.05, 0.1) is 6.04 Å². The van der Waals surface area contributed by atoms with Crippen LogP contribution in [-0.2, 0) is 6.54 Å².